The van der Waals surface area contributed by atoms with E-state index in [1.807, 2.05) is 0 Å². The van der Waals surface area contributed by atoms with Gasteiger partial charge in [-0.1, -0.05) is 284 Å². The molecule has 0 rings (SSSR count). The van der Waals surface area contributed by atoms with Crippen molar-refractivity contribution in [1.82, 2.24) is 5.32 Å². The first-order valence-corrected chi connectivity index (χ1v) is 28.3. The molecule has 6 nitrogen and oxygen atoms in total. The van der Waals surface area contributed by atoms with E-state index in [-0.39, 0.29) is 24.9 Å². The highest BCUT2D eigenvalue weighted by atomic mass is 16.5. The molecule has 0 fully saturated rings. The van der Waals surface area contributed by atoms with Crippen molar-refractivity contribution in [1.29, 1.82) is 0 Å². The van der Waals surface area contributed by atoms with Gasteiger partial charge in [-0.3, -0.25) is 9.59 Å². The lowest BCUT2D eigenvalue weighted by Crippen LogP contribution is -2.46. The predicted octanol–water partition coefficient (Wildman–Crippen LogP) is 17.1. The van der Waals surface area contributed by atoms with Crippen molar-refractivity contribution in [3.05, 3.63) is 0 Å². The third-order valence-corrected chi connectivity index (χ3v) is 13.4. The van der Waals surface area contributed by atoms with Gasteiger partial charge in [-0.25, -0.2) is 0 Å². The second-order valence-electron chi connectivity index (χ2n) is 19.7. The Hall–Kier alpha value is -1.14. The van der Waals surface area contributed by atoms with Crippen molar-refractivity contribution < 1.29 is 24.5 Å². The quantitative estimate of drug-likeness (QED) is 0.0418. The summed E-state index contributed by atoms with van der Waals surface area (Å²) >= 11 is 0. The molecule has 0 spiro atoms. The molecule has 0 saturated heterocycles. The number of aliphatic hydroxyl groups excluding tert-OH is 2. The number of rotatable bonds is 52. The van der Waals surface area contributed by atoms with Crippen LogP contribution in [-0.4, -0.2) is 46.9 Å². The Balaban J connectivity index is 4.49. The first kappa shape index (κ1) is 60.9. The molecular formula is C56H111NO5. The fraction of sp³-hybridized carbons (Fsp3) is 0.964. The van der Waals surface area contributed by atoms with Crippen LogP contribution in [0.25, 0.3) is 0 Å². The first-order valence-electron chi connectivity index (χ1n) is 28.3. The summed E-state index contributed by atoms with van der Waals surface area (Å²) in [6, 6.07) is -0.693. The van der Waals surface area contributed by atoms with Crippen LogP contribution in [0.1, 0.15) is 323 Å². The Morgan fingerprint density at radius 1 is 0.403 bits per heavy atom. The van der Waals surface area contributed by atoms with E-state index in [9.17, 15) is 19.8 Å². The van der Waals surface area contributed by atoms with E-state index < -0.39 is 18.2 Å². The van der Waals surface area contributed by atoms with Gasteiger partial charge in [-0.2, -0.15) is 0 Å². The molecular weight excluding hydrogens is 767 g/mol. The van der Waals surface area contributed by atoms with Crippen LogP contribution in [0.3, 0.4) is 0 Å². The van der Waals surface area contributed by atoms with Crippen molar-refractivity contribution in [2.75, 3.05) is 6.61 Å². The van der Waals surface area contributed by atoms with Crippen molar-refractivity contribution >= 4 is 11.9 Å². The molecule has 0 radical (unpaired) electrons. The molecule has 0 bridgehead atoms. The van der Waals surface area contributed by atoms with Gasteiger partial charge >= 0.3 is 5.97 Å². The van der Waals surface area contributed by atoms with Gasteiger partial charge in [-0.05, 0) is 25.7 Å². The lowest BCUT2D eigenvalue weighted by Gasteiger charge is -2.24. The highest BCUT2D eigenvalue weighted by Gasteiger charge is 2.24. The Morgan fingerprint density at radius 2 is 0.677 bits per heavy atom. The molecule has 0 aliphatic heterocycles. The molecule has 370 valence electrons. The maximum atomic E-state index is 13.2. The van der Waals surface area contributed by atoms with Crippen LogP contribution in [0.5, 0.6) is 0 Å². The Labute approximate surface area is 387 Å². The summed E-state index contributed by atoms with van der Waals surface area (Å²) in [5, 5.41) is 23.9. The summed E-state index contributed by atoms with van der Waals surface area (Å²) in [5.41, 5.74) is 0. The summed E-state index contributed by atoms with van der Waals surface area (Å²) in [4.78, 5) is 26.2. The predicted molar refractivity (Wildman–Crippen MR) is 269 cm³/mol. The van der Waals surface area contributed by atoms with Gasteiger partial charge in [0.25, 0.3) is 0 Å². The Morgan fingerprint density at radius 3 is 0.984 bits per heavy atom. The number of carbonyl (C=O) groups is 2. The molecule has 0 aromatic heterocycles. The summed E-state index contributed by atoms with van der Waals surface area (Å²) in [7, 11) is 0. The molecule has 0 aromatic rings. The van der Waals surface area contributed by atoms with Crippen LogP contribution in [0.15, 0.2) is 0 Å². The first-order chi connectivity index (χ1) is 30.5. The average Bonchev–Trinajstić information content (AvgIpc) is 3.26. The Kier molecular flexibility index (Phi) is 49.9. The fourth-order valence-electron chi connectivity index (χ4n) is 9.14. The number of carbonyl (C=O) groups excluding carboxylic acids is 2. The minimum atomic E-state index is -0.780. The van der Waals surface area contributed by atoms with Gasteiger partial charge in [0, 0.05) is 6.42 Å². The summed E-state index contributed by atoms with van der Waals surface area (Å²) in [6.45, 7) is 6.53. The zero-order valence-corrected chi connectivity index (χ0v) is 42.3. The number of ether oxygens (including phenoxy) is 1. The van der Waals surface area contributed by atoms with Crippen molar-refractivity contribution in [2.45, 2.75) is 341 Å². The average molecular weight is 879 g/mol. The zero-order chi connectivity index (χ0) is 45.2. The molecule has 3 N–H and O–H groups in total. The fourth-order valence-corrected chi connectivity index (χ4v) is 9.14. The number of hydrogen-bond donors (Lipinski definition) is 3. The van der Waals surface area contributed by atoms with Gasteiger partial charge < -0.3 is 20.3 Å². The summed E-state index contributed by atoms with van der Waals surface area (Å²) < 4.78 is 5.96. The normalized spacial score (nSPS) is 13.0. The second kappa shape index (κ2) is 50.9. The molecule has 0 saturated carbocycles. The van der Waals surface area contributed by atoms with E-state index in [4.69, 9.17) is 4.74 Å². The highest BCUT2D eigenvalue weighted by molar-refractivity contribution is 5.77. The van der Waals surface area contributed by atoms with Crippen LogP contribution in [0.2, 0.25) is 0 Å². The number of aliphatic hydroxyl groups is 2. The molecule has 0 aromatic carbocycles. The second-order valence-corrected chi connectivity index (χ2v) is 19.7. The van der Waals surface area contributed by atoms with E-state index in [0.29, 0.717) is 19.3 Å². The topological polar surface area (TPSA) is 95.9 Å². The number of unbranched alkanes of at least 4 members (excludes halogenated alkanes) is 40. The van der Waals surface area contributed by atoms with Crippen LogP contribution in [0, 0.1) is 0 Å². The Bertz CT molecular complexity index is 898. The summed E-state index contributed by atoms with van der Waals surface area (Å²) in [5.74, 6) is -0.446. The molecule has 3 unspecified atom stereocenters. The molecule has 3 atom stereocenters. The highest BCUT2D eigenvalue weighted by Crippen LogP contribution is 2.19. The van der Waals surface area contributed by atoms with E-state index in [0.717, 1.165) is 38.5 Å². The van der Waals surface area contributed by atoms with E-state index in [2.05, 4.69) is 26.1 Å². The molecule has 1 amide bonds. The number of nitrogens with one attached hydrogen (secondary N) is 1. The van der Waals surface area contributed by atoms with E-state index in [1.54, 1.807) is 0 Å². The zero-order valence-electron chi connectivity index (χ0n) is 42.3. The minimum Gasteiger partial charge on any atom is -0.462 e. The van der Waals surface area contributed by atoms with Gasteiger partial charge in [0.15, 0.2) is 0 Å². The number of amides is 1. The van der Waals surface area contributed by atoms with Crippen molar-refractivity contribution in [3.8, 4) is 0 Å². The van der Waals surface area contributed by atoms with Gasteiger partial charge in [0.2, 0.25) is 5.91 Å². The van der Waals surface area contributed by atoms with Crippen LogP contribution >= 0.6 is 0 Å². The SMILES string of the molecule is CCCCCCCCCCCCCCCCCC(CC(=O)NC(CO)C(O)CCCCCCCCCCCCCCCCC)OC(=O)CCCCCCCCCCCCCCC. The number of hydrogen-bond acceptors (Lipinski definition) is 5. The maximum absolute atomic E-state index is 13.2. The van der Waals surface area contributed by atoms with E-state index >= 15 is 0 Å². The molecule has 0 heterocycles. The molecule has 0 aliphatic carbocycles. The van der Waals surface area contributed by atoms with Crippen LogP contribution in [0.4, 0.5) is 0 Å². The molecule has 6 heteroatoms. The largest absolute Gasteiger partial charge is 0.462 e. The summed E-state index contributed by atoms with van der Waals surface area (Å²) in [6.07, 6.45) is 55.9. The molecule has 0 aliphatic rings. The lowest BCUT2D eigenvalue weighted by atomic mass is 10.0. The van der Waals surface area contributed by atoms with Gasteiger partial charge in [-0.15, -0.1) is 0 Å². The van der Waals surface area contributed by atoms with E-state index in [1.165, 1.54) is 238 Å². The lowest BCUT2D eigenvalue weighted by molar-refractivity contribution is -0.151. The van der Waals surface area contributed by atoms with Gasteiger partial charge in [0.1, 0.15) is 6.10 Å². The third-order valence-electron chi connectivity index (χ3n) is 13.4. The monoisotopic (exact) mass is 878 g/mol. The minimum absolute atomic E-state index is 0.0884. The third kappa shape index (κ3) is 45.4. The smallest absolute Gasteiger partial charge is 0.306 e. The van der Waals surface area contributed by atoms with Crippen LogP contribution < -0.4 is 5.32 Å². The van der Waals surface area contributed by atoms with Crippen LogP contribution in [-0.2, 0) is 14.3 Å². The standard InChI is InChI=1S/C56H111NO5/c1-4-7-10-13-16-19-22-25-27-30-32-35-38-41-44-47-52(62-56(61)49-46-43-40-37-34-29-24-21-18-15-12-9-6-3)50-55(60)57-53(51-58)54(59)48-45-42-39-36-33-31-28-26-23-20-17-14-11-8-5-2/h52-54,58-59H,4-51H2,1-3H3,(H,57,60). The van der Waals surface area contributed by atoms with Crippen molar-refractivity contribution in [2.24, 2.45) is 0 Å². The molecule has 62 heavy (non-hydrogen) atoms. The number of esters is 1. The maximum Gasteiger partial charge on any atom is 0.306 e. The van der Waals surface area contributed by atoms with Crippen molar-refractivity contribution in [3.63, 3.8) is 0 Å². The van der Waals surface area contributed by atoms with Gasteiger partial charge in [0.05, 0.1) is 25.2 Å².